The van der Waals surface area contributed by atoms with Crippen LogP contribution in [-0.4, -0.2) is 53.9 Å². The van der Waals surface area contributed by atoms with Crippen LogP contribution in [0.15, 0.2) is 59.9 Å². The average molecular weight is 478 g/mol. The van der Waals surface area contributed by atoms with Crippen molar-refractivity contribution in [1.29, 1.82) is 0 Å². The average Bonchev–Trinajstić information content (AvgIpc) is 3.29. The molecule has 1 N–H and O–H groups in total. The van der Waals surface area contributed by atoms with Crippen LogP contribution in [0.3, 0.4) is 0 Å². The molecule has 0 saturated carbocycles. The van der Waals surface area contributed by atoms with Gasteiger partial charge in [-0.3, -0.25) is 18.8 Å². The van der Waals surface area contributed by atoms with Crippen LogP contribution in [0.4, 0.5) is 0 Å². The van der Waals surface area contributed by atoms with Crippen LogP contribution in [0, 0.1) is 5.92 Å². The van der Waals surface area contributed by atoms with E-state index in [2.05, 4.69) is 30.9 Å². The Morgan fingerprint density at radius 3 is 2.51 bits per heavy atom. The number of aliphatic hydroxyl groups is 1. The fraction of sp³-hybridized carbons (Fsp3) is 0.481. The largest absolute Gasteiger partial charge is 0.388 e. The van der Waals surface area contributed by atoms with Crippen molar-refractivity contribution in [2.75, 3.05) is 13.1 Å². The molecule has 8 nitrogen and oxygen atoms in total. The molecule has 0 aliphatic carbocycles. The van der Waals surface area contributed by atoms with Crippen LogP contribution >= 0.6 is 0 Å². The van der Waals surface area contributed by atoms with E-state index in [1.165, 1.54) is 17.0 Å². The van der Waals surface area contributed by atoms with Gasteiger partial charge in [-0.1, -0.05) is 51.1 Å². The third-order valence-electron chi connectivity index (χ3n) is 6.72. The SMILES string of the molecule is CC(C)Cn1cc(-c2cc(=O)n(CC3(O)CCN(C(=O)C[C@@H](C)c4ccccc4)CC3)cn2)cn1. The summed E-state index contributed by atoms with van der Waals surface area (Å²) in [7, 11) is 0. The Morgan fingerprint density at radius 1 is 1.14 bits per heavy atom. The number of amides is 1. The number of carbonyl (C=O) groups excluding carboxylic acids is 1. The fourth-order valence-electron chi connectivity index (χ4n) is 4.61. The van der Waals surface area contributed by atoms with E-state index in [4.69, 9.17) is 0 Å². The maximum atomic E-state index is 12.8. The predicted molar refractivity (Wildman–Crippen MR) is 135 cm³/mol. The maximum Gasteiger partial charge on any atom is 0.253 e. The van der Waals surface area contributed by atoms with Gasteiger partial charge in [-0.05, 0) is 30.2 Å². The van der Waals surface area contributed by atoms with Crippen LogP contribution < -0.4 is 5.56 Å². The predicted octanol–water partition coefficient (Wildman–Crippen LogP) is 3.31. The lowest BCUT2D eigenvalue weighted by atomic mass is 9.90. The Labute approximate surface area is 206 Å². The minimum atomic E-state index is -1.04. The van der Waals surface area contributed by atoms with Crippen LogP contribution in [-0.2, 0) is 17.9 Å². The van der Waals surface area contributed by atoms with Crippen molar-refractivity contribution in [2.45, 2.75) is 64.6 Å². The van der Waals surface area contributed by atoms with Gasteiger partial charge in [0.15, 0.2) is 0 Å². The molecule has 3 heterocycles. The minimum Gasteiger partial charge on any atom is -0.388 e. The minimum absolute atomic E-state index is 0.101. The number of aromatic nitrogens is 4. The van der Waals surface area contributed by atoms with Crippen molar-refractivity contribution < 1.29 is 9.90 Å². The summed E-state index contributed by atoms with van der Waals surface area (Å²) in [4.78, 5) is 31.8. The second-order valence-electron chi connectivity index (χ2n) is 10.2. The summed E-state index contributed by atoms with van der Waals surface area (Å²) in [5, 5.41) is 15.5. The molecule has 1 saturated heterocycles. The number of piperidine rings is 1. The molecule has 1 fully saturated rings. The van der Waals surface area contributed by atoms with Gasteiger partial charge >= 0.3 is 0 Å². The summed E-state index contributed by atoms with van der Waals surface area (Å²) in [5.41, 5.74) is 1.26. The number of carbonyl (C=O) groups is 1. The van der Waals surface area contributed by atoms with E-state index in [0.29, 0.717) is 44.0 Å². The first kappa shape index (κ1) is 24.9. The number of likely N-dealkylation sites (tertiary alicyclic amines) is 1. The third-order valence-corrected chi connectivity index (χ3v) is 6.72. The lowest BCUT2D eigenvalue weighted by Gasteiger charge is -2.38. The van der Waals surface area contributed by atoms with Gasteiger partial charge in [0.1, 0.15) is 0 Å². The van der Waals surface area contributed by atoms with E-state index in [0.717, 1.165) is 17.7 Å². The zero-order valence-electron chi connectivity index (χ0n) is 20.8. The molecular formula is C27H35N5O3. The normalized spacial score (nSPS) is 16.4. The first-order valence-electron chi connectivity index (χ1n) is 12.4. The molecule has 8 heteroatoms. The molecule has 186 valence electrons. The zero-order valence-corrected chi connectivity index (χ0v) is 20.8. The Hall–Kier alpha value is -3.26. The summed E-state index contributed by atoms with van der Waals surface area (Å²) in [6, 6.07) is 11.5. The molecule has 1 atom stereocenters. The Balaban J connectivity index is 1.34. The molecule has 0 unspecified atom stereocenters. The summed E-state index contributed by atoms with van der Waals surface area (Å²) in [6.07, 6.45) is 6.40. The molecule has 0 radical (unpaired) electrons. The molecule has 1 aromatic carbocycles. The molecule has 1 aliphatic rings. The van der Waals surface area contributed by atoms with Gasteiger partial charge in [-0.25, -0.2) is 4.98 Å². The number of rotatable bonds is 8. The highest BCUT2D eigenvalue weighted by molar-refractivity contribution is 5.77. The quantitative estimate of drug-likeness (QED) is 0.537. The van der Waals surface area contributed by atoms with Crippen molar-refractivity contribution in [3.05, 3.63) is 71.0 Å². The Morgan fingerprint density at radius 2 is 1.86 bits per heavy atom. The summed E-state index contributed by atoms with van der Waals surface area (Å²) in [5.74, 6) is 0.716. The standard InChI is InChI=1S/C27H35N5O3/c1-20(2)16-32-17-23(15-29-32)24-14-26(34)31(19-28-24)18-27(35)9-11-30(12-10-27)25(33)13-21(3)22-7-5-4-6-8-22/h4-8,14-15,17,19-21,35H,9-13,16,18H2,1-3H3/t21-/m1/s1. The number of hydrogen-bond donors (Lipinski definition) is 1. The van der Waals surface area contributed by atoms with E-state index in [-0.39, 0.29) is 23.9 Å². The lowest BCUT2D eigenvalue weighted by Crippen LogP contribution is -2.49. The fourth-order valence-corrected chi connectivity index (χ4v) is 4.61. The highest BCUT2D eigenvalue weighted by atomic mass is 16.3. The van der Waals surface area contributed by atoms with Crippen molar-refractivity contribution in [2.24, 2.45) is 5.92 Å². The van der Waals surface area contributed by atoms with Gasteiger partial charge in [-0.15, -0.1) is 0 Å². The zero-order chi connectivity index (χ0) is 25.0. The summed E-state index contributed by atoms with van der Waals surface area (Å²) in [6.45, 7) is 8.22. The van der Waals surface area contributed by atoms with E-state index >= 15 is 0 Å². The van der Waals surface area contributed by atoms with Gasteiger partial charge in [0.05, 0.1) is 30.4 Å². The lowest BCUT2D eigenvalue weighted by molar-refractivity contribution is -0.136. The van der Waals surface area contributed by atoms with E-state index in [9.17, 15) is 14.7 Å². The van der Waals surface area contributed by atoms with Crippen molar-refractivity contribution >= 4 is 5.91 Å². The molecule has 2 aromatic heterocycles. The van der Waals surface area contributed by atoms with E-state index in [1.807, 2.05) is 46.1 Å². The molecule has 4 rings (SSSR count). The van der Waals surface area contributed by atoms with Gasteiger partial charge in [-0.2, -0.15) is 5.10 Å². The second-order valence-corrected chi connectivity index (χ2v) is 10.2. The molecular weight excluding hydrogens is 442 g/mol. The van der Waals surface area contributed by atoms with Gasteiger partial charge in [0.2, 0.25) is 5.91 Å². The van der Waals surface area contributed by atoms with E-state index in [1.54, 1.807) is 6.20 Å². The molecule has 0 bridgehead atoms. The molecule has 1 aliphatic heterocycles. The summed E-state index contributed by atoms with van der Waals surface area (Å²) < 4.78 is 3.31. The van der Waals surface area contributed by atoms with Crippen LogP contribution in [0.1, 0.15) is 51.5 Å². The summed E-state index contributed by atoms with van der Waals surface area (Å²) >= 11 is 0. The first-order chi connectivity index (χ1) is 16.7. The van der Waals surface area contributed by atoms with Gasteiger partial charge in [0, 0.05) is 43.9 Å². The second kappa shape index (κ2) is 10.6. The molecule has 3 aromatic rings. The smallest absolute Gasteiger partial charge is 0.253 e. The number of hydrogen-bond acceptors (Lipinski definition) is 5. The molecule has 0 spiro atoms. The number of benzene rings is 1. The maximum absolute atomic E-state index is 12.8. The number of nitrogens with zero attached hydrogens (tertiary/aromatic N) is 5. The van der Waals surface area contributed by atoms with Crippen molar-refractivity contribution in [1.82, 2.24) is 24.2 Å². The highest BCUT2D eigenvalue weighted by Gasteiger charge is 2.34. The van der Waals surface area contributed by atoms with Crippen LogP contribution in [0.5, 0.6) is 0 Å². The highest BCUT2D eigenvalue weighted by Crippen LogP contribution is 2.26. The topological polar surface area (TPSA) is 93.2 Å². The van der Waals surface area contributed by atoms with Crippen molar-refractivity contribution in [3.63, 3.8) is 0 Å². The van der Waals surface area contributed by atoms with E-state index < -0.39 is 5.60 Å². The Kier molecular flexibility index (Phi) is 7.50. The van der Waals surface area contributed by atoms with Gasteiger partial charge in [0.25, 0.3) is 5.56 Å². The molecule has 35 heavy (non-hydrogen) atoms. The monoisotopic (exact) mass is 477 g/mol. The van der Waals surface area contributed by atoms with Gasteiger partial charge < -0.3 is 10.0 Å². The third kappa shape index (κ3) is 6.25. The first-order valence-corrected chi connectivity index (χ1v) is 12.4. The van der Waals surface area contributed by atoms with Crippen LogP contribution in [0.2, 0.25) is 0 Å². The van der Waals surface area contributed by atoms with Crippen LogP contribution in [0.25, 0.3) is 11.3 Å². The molecule has 1 amide bonds. The van der Waals surface area contributed by atoms with Crippen molar-refractivity contribution in [3.8, 4) is 11.3 Å². The Bertz CT molecular complexity index is 1190.